The average molecular weight is 193 g/mol. The quantitative estimate of drug-likeness (QED) is 0.590. The van der Waals surface area contributed by atoms with Gasteiger partial charge in [0.15, 0.2) is 0 Å². The molecule has 0 bridgehead atoms. The van der Waals surface area contributed by atoms with Crippen LogP contribution in [0.1, 0.15) is 0 Å². The maximum atomic E-state index is 11.7. The molecule has 0 N–H and O–H groups in total. The zero-order chi connectivity index (χ0) is 8.20. The molecule has 0 amide bonds. The van der Waals surface area contributed by atoms with Crippen molar-refractivity contribution in [3.05, 3.63) is 11.6 Å². The van der Waals surface area contributed by atoms with Crippen LogP contribution in [0.5, 0.6) is 0 Å². The minimum Gasteiger partial charge on any atom is -0.170 e. The van der Waals surface area contributed by atoms with Crippen molar-refractivity contribution in [2.24, 2.45) is 5.92 Å². The Labute approximate surface area is 66.6 Å². The van der Waals surface area contributed by atoms with E-state index >= 15 is 0 Å². The lowest BCUT2D eigenvalue weighted by molar-refractivity contribution is -0.155. The molecule has 0 fully saturated rings. The molecule has 60 valence electrons. The summed E-state index contributed by atoms with van der Waals surface area (Å²) in [5, 5.41) is 0. The van der Waals surface area contributed by atoms with E-state index in [1.807, 2.05) is 0 Å². The highest BCUT2D eigenvalue weighted by Crippen LogP contribution is 2.28. The van der Waals surface area contributed by atoms with Gasteiger partial charge in [-0.1, -0.05) is 17.7 Å². The highest BCUT2D eigenvalue weighted by Gasteiger charge is 2.36. The number of rotatable bonds is 2. The molecule has 0 nitrogen and oxygen atoms in total. The van der Waals surface area contributed by atoms with Gasteiger partial charge in [0.1, 0.15) is 0 Å². The van der Waals surface area contributed by atoms with E-state index in [9.17, 15) is 13.2 Å². The largest absolute Gasteiger partial charge is 0.396 e. The Balaban J connectivity index is 4.07. The summed E-state index contributed by atoms with van der Waals surface area (Å²) in [6, 6.07) is 0. The zero-order valence-electron chi connectivity index (χ0n) is 4.83. The predicted molar refractivity (Wildman–Crippen MR) is 35.3 cm³/mol. The van der Waals surface area contributed by atoms with Crippen molar-refractivity contribution in [3.8, 4) is 0 Å². The van der Waals surface area contributed by atoms with Crippen LogP contribution in [-0.4, -0.2) is 12.1 Å². The third-order valence-corrected chi connectivity index (χ3v) is 1.37. The second-order valence-corrected chi connectivity index (χ2v) is 2.18. The Hall–Kier alpha value is 0.110. The van der Waals surface area contributed by atoms with Crippen molar-refractivity contribution in [1.82, 2.24) is 0 Å². The van der Waals surface area contributed by atoms with Crippen LogP contribution >= 0.6 is 23.2 Å². The van der Waals surface area contributed by atoms with Crippen LogP contribution in [0.2, 0.25) is 0 Å². The molecule has 0 spiro atoms. The van der Waals surface area contributed by atoms with E-state index in [-0.39, 0.29) is 0 Å². The van der Waals surface area contributed by atoms with Gasteiger partial charge in [-0.15, -0.1) is 11.6 Å². The highest BCUT2D eigenvalue weighted by molar-refractivity contribution is 6.25. The molecule has 0 radical (unpaired) electrons. The fraction of sp³-hybridized carbons (Fsp3) is 0.600. The SMILES string of the molecule is FC(F)(F)C(/C=C/Cl)CCl. The lowest BCUT2D eigenvalue weighted by Gasteiger charge is -2.12. The molecule has 0 aliphatic heterocycles. The lowest BCUT2D eigenvalue weighted by Crippen LogP contribution is -2.21. The van der Waals surface area contributed by atoms with Crippen LogP contribution < -0.4 is 0 Å². The second-order valence-electron chi connectivity index (χ2n) is 1.62. The third-order valence-electron chi connectivity index (χ3n) is 0.892. The minimum absolute atomic E-state index is 0.493. The molecular formula is C5H5Cl2F3. The van der Waals surface area contributed by atoms with Gasteiger partial charge >= 0.3 is 6.18 Å². The first-order valence-electron chi connectivity index (χ1n) is 2.42. The molecule has 0 rings (SSSR count). The predicted octanol–water partition coefficient (Wildman–Crippen LogP) is 3.16. The average Bonchev–Trinajstić information content (AvgIpc) is 1.80. The molecule has 0 heterocycles. The Morgan fingerprint density at radius 1 is 1.40 bits per heavy atom. The van der Waals surface area contributed by atoms with E-state index < -0.39 is 18.0 Å². The summed E-state index contributed by atoms with van der Waals surface area (Å²) >= 11 is 9.94. The minimum atomic E-state index is -4.28. The second kappa shape index (κ2) is 4.09. The zero-order valence-corrected chi connectivity index (χ0v) is 6.34. The van der Waals surface area contributed by atoms with Crippen LogP contribution in [0.15, 0.2) is 11.6 Å². The van der Waals surface area contributed by atoms with E-state index in [2.05, 4.69) is 0 Å². The van der Waals surface area contributed by atoms with E-state index in [1.165, 1.54) is 0 Å². The van der Waals surface area contributed by atoms with Gasteiger partial charge in [-0.3, -0.25) is 0 Å². The molecule has 0 aliphatic rings. The standard InChI is InChI=1S/C5H5Cl2F3/c6-2-1-4(3-7)5(8,9)10/h1-2,4H,3H2/b2-1+. The van der Waals surface area contributed by atoms with Gasteiger partial charge in [0.25, 0.3) is 0 Å². The van der Waals surface area contributed by atoms with Crippen molar-refractivity contribution in [2.75, 3.05) is 5.88 Å². The fourth-order valence-corrected chi connectivity index (χ4v) is 0.789. The van der Waals surface area contributed by atoms with Crippen LogP contribution in [0.3, 0.4) is 0 Å². The Morgan fingerprint density at radius 2 is 1.90 bits per heavy atom. The van der Waals surface area contributed by atoms with Gasteiger partial charge < -0.3 is 0 Å². The summed E-state index contributed by atoms with van der Waals surface area (Å²) < 4.78 is 35.1. The van der Waals surface area contributed by atoms with Crippen LogP contribution in [0, 0.1) is 5.92 Å². The third kappa shape index (κ3) is 3.32. The van der Waals surface area contributed by atoms with Crippen molar-refractivity contribution in [1.29, 1.82) is 0 Å². The molecule has 10 heavy (non-hydrogen) atoms. The smallest absolute Gasteiger partial charge is 0.170 e. The van der Waals surface area contributed by atoms with E-state index in [4.69, 9.17) is 23.2 Å². The molecule has 0 aliphatic carbocycles. The van der Waals surface area contributed by atoms with Crippen LogP contribution in [0.4, 0.5) is 13.2 Å². The van der Waals surface area contributed by atoms with Gasteiger partial charge in [0, 0.05) is 11.4 Å². The first kappa shape index (κ1) is 10.1. The highest BCUT2D eigenvalue weighted by atomic mass is 35.5. The van der Waals surface area contributed by atoms with Crippen LogP contribution in [-0.2, 0) is 0 Å². The number of alkyl halides is 4. The fourth-order valence-electron chi connectivity index (χ4n) is 0.336. The molecule has 1 atom stereocenters. The summed E-state index contributed by atoms with van der Waals surface area (Å²) in [7, 11) is 0. The molecule has 0 saturated heterocycles. The summed E-state index contributed by atoms with van der Waals surface area (Å²) in [5.74, 6) is -2.13. The van der Waals surface area contributed by atoms with Gasteiger partial charge in [-0.25, -0.2) is 0 Å². The first-order valence-corrected chi connectivity index (χ1v) is 3.39. The Morgan fingerprint density at radius 3 is 2.00 bits per heavy atom. The van der Waals surface area contributed by atoms with E-state index in [1.54, 1.807) is 0 Å². The maximum Gasteiger partial charge on any atom is 0.396 e. The summed E-state index contributed by atoms with van der Waals surface area (Å²) in [4.78, 5) is 0. The monoisotopic (exact) mass is 192 g/mol. The number of hydrogen-bond acceptors (Lipinski definition) is 0. The Kier molecular flexibility index (Phi) is 4.13. The van der Waals surface area contributed by atoms with Crippen molar-refractivity contribution in [2.45, 2.75) is 6.18 Å². The molecule has 0 aromatic heterocycles. The molecule has 1 unspecified atom stereocenters. The van der Waals surface area contributed by atoms with Crippen molar-refractivity contribution >= 4 is 23.2 Å². The van der Waals surface area contributed by atoms with E-state index in [0.717, 1.165) is 11.6 Å². The first-order chi connectivity index (χ1) is 4.52. The molecule has 0 aromatic rings. The lowest BCUT2D eigenvalue weighted by atomic mass is 10.2. The van der Waals surface area contributed by atoms with Gasteiger partial charge in [-0.2, -0.15) is 13.2 Å². The summed E-state index contributed by atoms with van der Waals surface area (Å²) in [6.07, 6.45) is -3.47. The summed E-state index contributed by atoms with van der Waals surface area (Å²) in [6.45, 7) is 0. The van der Waals surface area contributed by atoms with Gasteiger partial charge in [-0.05, 0) is 0 Å². The summed E-state index contributed by atoms with van der Waals surface area (Å²) in [5.41, 5.74) is 0.820. The van der Waals surface area contributed by atoms with Crippen LogP contribution in [0.25, 0.3) is 0 Å². The van der Waals surface area contributed by atoms with Gasteiger partial charge in [0.2, 0.25) is 0 Å². The Bertz CT molecular complexity index is 119. The molecule has 0 saturated carbocycles. The number of allylic oxidation sites excluding steroid dienone is 1. The van der Waals surface area contributed by atoms with Gasteiger partial charge in [0.05, 0.1) is 5.92 Å². The molecular weight excluding hydrogens is 188 g/mol. The van der Waals surface area contributed by atoms with Crippen molar-refractivity contribution in [3.63, 3.8) is 0 Å². The normalized spacial score (nSPS) is 16.1. The molecule has 0 aromatic carbocycles. The van der Waals surface area contributed by atoms with E-state index in [0.29, 0.717) is 0 Å². The number of hydrogen-bond donors (Lipinski definition) is 0. The molecule has 5 heteroatoms. The topological polar surface area (TPSA) is 0 Å². The number of halogens is 5. The van der Waals surface area contributed by atoms with Crippen molar-refractivity contribution < 1.29 is 13.2 Å². The maximum absolute atomic E-state index is 11.7.